The lowest BCUT2D eigenvalue weighted by Crippen LogP contribution is -2.37. The summed E-state index contributed by atoms with van der Waals surface area (Å²) in [6, 6.07) is 4.49. The molecule has 0 saturated carbocycles. The first-order chi connectivity index (χ1) is 9.19. The van der Waals surface area contributed by atoms with Crippen LogP contribution in [-0.4, -0.2) is 25.6 Å². The molecule has 4 nitrogen and oxygen atoms in total. The summed E-state index contributed by atoms with van der Waals surface area (Å²) in [6.45, 7) is 0.950. The fourth-order valence-corrected chi connectivity index (χ4v) is 2.25. The second-order valence-corrected chi connectivity index (χ2v) is 4.74. The van der Waals surface area contributed by atoms with Gasteiger partial charge in [0.1, 0.15) is 11.6 Å². The van der Waals surface area contributed by atoms with Gasteiger partial charge in [0, 0.05) is 18.5 Å². The van der Waals surface area contributed by atoms with Crippen molar-refractivity contribution in [2.45, 2.75) is 31.7 Å². The van der Waals surface area contributed by atoms with Crippen LogP contribution in [0.5, 0.6) is 5.75 Å². The van der Waals surface area contributed by atoms with Crippen LogP contribution in [0.4, 0.5) is 10.1 Å². The average Bonchev–Trinajstić information content (AvgIpc) is 2.42. The Bertz CT molecular complexity index is 445. The number of hydrogen-bond acceptors (Lipinski definition) is 3. The molecule has 2 N–H and O–H groups in total. The van der Waals surface area contributed by atoms with E-state index in [0.717, 1.165) is 25.8 Å². The van der Waals surface area contributed by atoms with Gasteiger partial charge in [0.05, 0.1) is 12.8 Å². The SMILES string of the molecule is COc1ccc(F)c(NC(=O)CC2CCCCN2)c1. The van der Waals surface area contributed by atoms with Crippen molar-refractivity contribution in [3.8, 4) is 5.75 Å². The minimum absolute atomic E-state index is 0.167. The van der Waals surface area contributed by atoms with Gasteiger partial charge in [-0.1, -0.05) is 6.42 Å². The van der Waals surface area contributed by atoms with Gasteiger partial charge in [-0.05, 0) is 31.5 Å². The van der Waals surface area contributed by atoms with Crippen molar-refractivity contribution < 1.29 is 13.9 Å². The van der Waals surface area contributed by atoms with Gasteiger partial charge in [-0.2, -0.15) is 0 Å². The van der Waals surface area contributed by atoms with Crippen molar-refractivity contribution in [2.24, 2.45) is 0 Å². The third-order valence-corrected chi connectivity index (χ3v) is 3.29. The van der Waals surface area contributed by atoms with Crippen LogP contribution in [0.3, 0.4) is 0 Å². The van der Waals surface area contributed by atoms with Crippen molar-refractivity contribution >= 4 is 11.6 Å². The molecule has 0 radical (unpaired) electrons. The summed E-state index contributed by atoms with van der Waals surface area (Å²) in [5.41, 5.74) is 0.167. The number of halogens is 1. The molecule has 1 unspecified atom stereocenters. The van der Waals surface area contributed by atoms with Crippen LogP contribution in [-0.2, 0) is 4.79 Å². The molecule has 1 aliphatic rings. The number of ether oxygens (including phenoxy) is 1. The van der Waals surface area contributed by atoms with E-state index in [-0.39, 0.29) is 17.6 Å². The molecule has 1 atom stereocenters. The first-order valence-electron chi connectivity index (χ1n) is 6.56. The van der Waals surface area contributed by atoms with Crippen molar-refractivity contribution in [1.29, 1.82) is 0 Å². The van der Waals surface area contributed by atoms with Gasteiger partial charge in [-0.15, -0.1) is 0 Å². The normalized spacial score (nSPS) is 18.9. The number of piperidine rings is 1. The minimum Gasteiger partial charge on any atom is -0.497 e. The summed E-state index contributed by atoms with van der Waals surface area (Å²) in [6.07, 6.45) is 3.66. The largest absolute Gasteiger partial charge is 0.497 e. The third kappa shape index (κ3) is 3.92. The zero-order valence-corrected chi connectivity index (χ0v) is 11.0. The van der Waals surface area contributed by atoms with Crippen molar-refractivity contribution in [2.75, 3.05) is 19.0 Å². The molecule has 1 aromatic carbocycles. The Labute approximate surface area is 112 Å². The van der Waals surface area contributed by atoms with Crippen molar-refractivity contribution in [1.82, 2.24) is 5.32 Å². The van der Waals surface area contributed by atoms with E-state index in [2.05, 4.69) is 10.6 Å². The highest BCUT2D eigenvalue weighted by molar-refractivity contribution is 5.91. The van der Waals surface area contributed by atoms with Crippen LogP contribution in [0.15, 0.2) is 18.2 Å². The second-order valence-electron chi connectivity index (χ2n) is 4.74. The van der Waals surface area contributed by atoms with Crippen LogP contribution in [0.2, 0.25) is 0 Å². The van der Waals surface area contributed by atoms with Crippen LogP contribution in [0, 0.1) is 5.82 Å². The summed E-state index contributed by atoms with van der Waals surface area (Å²) in [5, 5.41) is 5.89. The molecular weight excluding hydrogens is 247 g/mol. The number of carbonyl (C=O) groups is 1. The minimum atomic E-state index is -0.453. The van der Waals surface area contributed by atoms with E-state index in [0.29, 0.717) is 12.2 Å². The van der Waals surface area contributed by atoms with Gasteiger partial charge in [-0.3, -0.25) is 4.79 Å². The Balaban J connectivity index is 1.94. The topological polar surface area (TPSA) is 50.4 Å². The number of anilines is 1. The Hall–Kier alpha value is -1.62. The number of benzene rings is 1. The molecule has 1 saturated heterocycles. The number of amides is 1. The Kier molecular flexibility index (Phi) is 4.74. The lowest BCUT2D eigenvalue weighted by atomic mass is 10.0. The summed E-state index contributed by atoms with van der Waals surface area (Å²) in [4.78, 5) is 11.9. The van der Waals surface area contributed by atoms with Crippen LogP contribution >= 0.6 is 0 Å². The fraction of sp³-hybridized carbons (Fsp3) is 0.500. The molecule has 1 fully saturated rings. The standard InChI is InChI=1S/C14H19FN2O2/c1-19-11-5-6-12(15)13(9-11)17-14(18)8-10-4-2-3-7-16-10/h5-6,9-10,16H,2-4,7-8H2,1H3,(H,17,18). The molecule has 19 heavy (non-hydrogen) atoms. The van der Waals surface area contributed by atoms with Gasteiger partial charge in [-0.25, -0.2) is 4.39 Å². The predicted molar refractivity (Wildman–Crippen MR) is 71.8 cm³/mol. The van der Waals surface area contributed by atoms with E-state index in [4.69, 9.17) is 4.74 Å². The van der Waals surface area contributed by atoms with Crippen LogP contribution in [0.1, 0.15) is 25.7 Å². The van der Waals surface area contributed by atoms with E-state index in [1.165, 1.54) is 25.3 Å². The maximum absolute atomic E-state index is 13.6. The number of hydrogen-bond donors (Lipinski definition) is 2. The number of methoxy groups -OCH3 is 1. The Morgan fingerprint density at radius 3 is 3.05 bits per heavy atom. The summed E-state index contributed by atoms with van der Waals surface area (Å²) in [7, 11) is 1.50. The molecule has 1 aliphatic heterocycles. The lowest BCUT2D eigenvalue weighted by Gasteiger charge is -2.22. The number of nitrogens with one attached hydrogen (secondary N) is 2. The van der Waals surface area contributed by atoms with E-state index in [1.807, 2.05) is 0 Å². The maximum atomic E-state index is 13.6. The molecule has 1 amide bonds. The third-order valence-electron chi connectivity index (χ3n) is 3.29. The molecule has 1 aromatic rings. The highest BCUT2D eigenvalue weighted by atomic mass is 19.1. The highest BCUT2D eigenvalue weighted by Gasteiger charge is 2.17. The first-order valence-corrected chi connectivity index (χ1v) is 6.56. The van der Waals surface area contributed by atoms with Crippen LogP contribution in [0.25, 0.3) is 0 Å². The molecular formula is C14H19FN2O2. The van der Waals surface area contributed by atoms with Crippen LogP contribution < -0.4 is 15.4 Å². The molecule has 0 aromatic heterocycles. The highest BCUT2D eigenvalue weighted by Crippen LogP contribution is 2.21. The molecule has 0 spiro atoms. The predicted octanol–water partition coefficient (Wildman–Crippen LogP) is 2.30. The smallest absolute Gasteiger partial charge is 0.226 e. The van der Waals surface area contributed by atoms with Gasteiger partial charge in [0.2, 0.25) is 5.91 Å². The zero-order valence-electron chi connectivity index (χ0n) is 11.0. The number of rotatable bonds is 4. The molecule has 2 rings (SSSR count). The molecule has 104 valence electrons. The Morgan fingerprint density at radius 1 is 1.53 bits per heavy atom. The number of carbonyl (C=O) groups excluding carboxylic acids is 1. The second kappa shape index (κ2) is 6.52. The van der Waals surface area contributed by atoms with Gasteiger partial charge in [0.25, 0.3) is 0 Å². The van der Waals surface area contributed by atoms with E-state index >= 15 is 0 Å². The quantitative estimate of drug-likeness (QED) is 0.879. The van der Waals surface area contributed by atoms with E-state index in [9.17, 15) is 9.18 Å². The van der Waals surface area contributed by atoms with Gasteiger partial charge in [0.15, 0.2) is 0 Å². The monoisotopic (exact) mass is 266 g/mol. The summed E-state index contributed by atoms with van der Waals surface area (Å²) in [5.74, 6) is -0.107. The molecule has 0 aliphatic carbocycles. The summed E-state index contributed by atoms with van der Waals surface area (Å²) >= 11 is 0. The van der Waals surface area contributed by atoms with E-state index < -0.39 is 5.82 Å². The average molecular weight is 266 g/mol. The van der Waals surface area contributed by atoms with E-state index in [1.54, 1.807) is 0 Å². The maximum Gasteiger partial charge on any atom is 0.226 e. The van der Waals surface area contributed by atoms with Crippen molar-refractivity contribution in [3.05, 3.63) is 24.0 Å². The molecule has 5 heteroatoms. The Morgan fingerprint density at radius 2 is 2.37 bits per heavy atom. The molecule has 0 bridgehead atoms. The van der Waals surface area contributed by atoms with Crippen molar-refractivity contribution in [3.63, 3.8) is 0 Å². The van der Waals surface area contributed by atoms with Gasteiger partial charge < -0.3 is 15.4 Å². The summed E-state index contributed by atoms with van der Waals surface area (Å²) < 4.78 is 18.6. The zero-order chi connectivity index (χ0) is 13.7. The first kappa shape index (κ1) is 13.8. The lowest BCUT2D eigenvalue weighted by molar-refractivity contribution is -0.116. The van der Waals surface area contributed by atoms with Gasteiger partial charge >= 0.3 is 0 Å². The molecule has 1 heterocycles. The fourth-order valence-electron chi connectivity index (χ4n) is 2.25.